The highest BCUT2D eigenvalue weighted by Crippen LogP contribution is 2.33. The lowest BCUT2D eigenvalue weighted by Gasteiger charge is -2.09. The van der Waals surface area contributed by atoms with Crippen molar-refractivity contribution in [2.24, 2.45) is 0 Å². The molecule has 2 aromatic heterocycles. The number of aromatic nitrogens is 4. The van der Waals surface area contributed by atoms with Crippen molar-refractivity contribution in [1.29, 1.82) is 0 Å². The van der Waals surface area contributed by atoms with Crippen LogP contribution in [0.25, 0.3) is 55.9 Å². The van der Waals surface area contributed by atoms with Crippen LogP contribution >= 0.6 is 0 Å². The molecule has 0 aliphatic heterocycles. The number of fused-ring (bicyclic) bond motifs is 3. The van der Waals surface area contributed by atoms with Gasteiger partial charge in [0, 0.05) is 33.2 Å². The Bertz CT molecular complexity index is 1770. The van der Waals surface area contributed by atoms with Crippen LogP contribution < -0.4 is 0 Å². The van der Waals surface area contributed by atoms with Crippen LogP contribution in [0.3, 0.4) is 0 Å². The van der Waals surface area contributed by atoms with E-state index in [1.54, 1.807) is 0 Å². The van der Waals surface area contributed by atoms with E-state index in [0.717, 1.165) is 28.8 Å². The summed E-state index contributed by atoms with van der Waals surface area (Å²) in [6, 6.07) is 37.3. The number of para-hydroxylation sites is 2. The molecule has 0 fully saturated rings. The molecule has 0 spiro atoms. The minimum Gasteiger partial charge on any atom is -0.310 e. The Labute approximate surface area is 221 Å². The molecule has 38 heavy (non-hydrogen) atoms. The molecule has 1 aliphatic carbocycles. The molecular formula is C34H24N4. The van der Waals surface area contributed by atoms with Crippen molar-refractivity contribution in [3.63, 3.8) is 0 Å². The third kappa shape index (κ3) is 3.93. The van der Waals surface area contributed by atoms with Gasteiger partial charge in [0.2, 0.25) is 0 Å². The Hall–Kier alpha value is -5.09. The van der Waals surface area contributed by atoms with Crippen molar-refractivity contribution in [1.82, 2.24) is 19.5 Å². The second-order valence-electron chi connectivity index (χ2n) is 9.27. The van der Waals surface area contributed by atoms with Gasteiger partial charge in [0.1, 0.15) is 0 Å². The molecule has 6 aromatic rings. The van der Waals surface area contributed by atoms with E-state index in [-0.39, 0.29) is 0 Å². The lowest BCUT2D eigenvalue weighted by Crippen LogP contribution is -2.02. The molecule has 4 nitrogen and oxygen atoms in total. The molecule has 4 heteroatoms. The van der Waals surface area contributed by atoms with Gasteiger partial charge in [0.15, 0.2) is 17.5 Å². The Morgan fingerprint density at radius 2 is 0.974 bits per heavy atom. The molecule has 0 N–H and O–H groups in total. The zero-order chi connectivity index (χ0) is 25.3. The van der Waals surface area contributed by atoms with Crippen molar-refractivity contribution in [2.75, 3.05) is 0 Å². The van der Waals surface area contributed by atoms with Crippen molar-refractivity contribution in [3.05, 3.63) is 139 Å². The largest absolute Gasteiger partial charge is 0.310 e. The minimum absolute atomic E-state index is 0.670. The van der Waals surface area contributed by atoms with Gasteiger partial charge in [-0.3, -0.25) is 0 Å². The molecule has 0 amide bonds. The molecule has 0 saturated heterocycles. The Balaban J connectivity index is 1.33. The normalized spacial score (nSPS) is 13.4. The molecule has 4 aromatic carbocycles. The summed E-state index contributed by atoms with van der Waals surface area (Å²) in [6.07, 6.45) is 9.52. The first-order valence-corrected chi connectivity index (χ1v) is 12.8. The fourth-order valence-corrected chi connectivity index (χ4v) is 5.09. The zero-order valence-corrected chi connectivity index (χ0v) is 20.7. The van der Waals surface area contributed by atoms with Gasteiger partial charge in [-0.15, -0.1) is 0 Å². The van der Waals surface area contributed by atoms with Gasteiger partial charge in [-0.05, 0) is 30.7 Å². The first-order valence-electron chi connectivity index (χ1n) is 12.8. The summed E-state index contributed by atoms with van der Waals surface area (Å²) in [5, 5.41) is 2.51. The maximum atomic E-state index is 4.91. The van der Waals surface area contributed by atoms with Crippen LogP contribution in [0.2, 0.25) is 0 Å². The van der Waals surface area contributed by atoms with Crippen molar-refractivity contribution < 1.29 is 0 Å². The zero-order valence-electron chi connectivity index (χ0n) is 20.7. The van der Waals surface area contributed by atoms with E-state index in [9.17, 15) is 0 Å². The van der Waals surface area contributed by atoms with Gasteiger partial charge < -0.3 is 4.57 Å². The van der Waals surface area contributed by atoms with Gasteiger partial charge in [-0.25, -0.2) is 15.0 Å². The number of benzene rings is 4. The number of hydrogen-bond acceptors (Lipinski definition) is 3. The second-order valence-corrected chi connectivity index (χ2v) is 9.27. The summed E-state index contributed by atoms with van der Waals surface area (Å²) in [5.74, 6) is 2.01. The van der Waals surface area contributed by atoms with Gasteiger partial charge in [-0.2, -0.15) is 0 Å². The van der Waals surface area contributed by atoms with E-state index >= 15 is 0 Å². The maximum Gasteiger partial charge on any atom is 0.164 e. The minimum atomic E-state index is 0.670. The van der Waals surface area contributed by atoms with Crippen LogP contribution in [-0.2, 0) is 0 Å². The molecule has 0 saturated carbocycles. The predicted octanol–water partition coefficient (Wildman–Crippen LogP) is 8.20. The lowest BCUT2D eigenvalue weighted by molar-refractivity contribution is 1.04. The third-order valence-electron chi connectivity index (χ3n) is 6.89. The van der Waals surface area contributed by atoms with Crippen molar-refractivity contribution in [2.45, 2.75) is 6.42 Å². The number of nitrogens with zero attached hydrogens (tertiary/aromatic N) is 4. The summed E-state index contributed by atoms with van der Waals surface area (Å²) >= 11 is 0. The average molecular weight is 489 g/mol. The molecule has 2 heterocycles. The van der Waals surface area contributed by atoms with E-state index in [1.807, 2.05) is 60.7 Å². The van der Waals surface area contributed by atoms with Crippen LogP contribution in [0.1, 0.15) is 12.2 Å². The Morgan fingerprint density at radius 3 is 1.55 bits per heavy atom. The number of rotatable bonds is 4. The highest BCUT2D eigenvalue weighted by Gasteiger charge is 2.15. The summed E-state index contributed by atoms with van der Waals surface area (Å²) in [5.41, 5.74) is 6.45. The summed E-state index contributed by atoms with van der Waals surface area (Å²) < 4.78 is 2.34. The van der Waals surface area contributed by atoms with Crippen molar-refractivity contribution in [3.8, 4) is 22.8 Å². The second kappa shape index (κ2) is 9.41. The van der Waals surface area contributed by atoms with Crippen LogP contribution in [-0.4, -0.2) is 19.5 Å². The van der Waals surface area contributed by atoms with Crippen LogP contribution in [0.15, 0.2) is 133 Å². The number of allylic oxidation sites excluding steroid dienone is 6. The molecular weight excluding hydrogens is 464 g/mol. The molecule has 180 valence electrons. The fourth-order valence-electron chi connectivity index (χ4n) is 5.09. The highest BCUT2D eigenvalue weighted by molar-refractivity contribution is 6.10. The average Bonchev–Trinajstić information content (AvgIpc) is 3.13. The highest BCUT2D eigenvalue weighted by atomic mass is 15.0. The quantitative estimate of drug-likeness (QED) is 0.251. The van der Waals surface area contributed by atoms with Crippen LogP contribution in [0.4, 0.5) is 0 Å². The molecule has 7 rings (SSSR count). The topological polar surface area (TPSA) is 43.6 Å². The summed E-state index contributed by atoms with van der Waals surface area (Å²) in [4.78, 5) is 14.6. The van der Waals surface area contributed by atoms with Gasteiger partial charge in [0.05, 0.1) is 11.0 Å². The van der Waals surface area contributed by atoms with Gasteiger partial charge >= 0.3 is 0 Å². The summed E-state index contributed by atoms with van der Waals surface area (Å²) in [7, 11) is 0. The van der Waals surface area contributed by atoms with E-state index in [2.05, 4.69) is 77.4 Å². The Morgan fingerprint density at radius 1 is 0.474 bits per heavy atom. The summed E-state index contributed by atoms with van der Waals surface area (Å²) in [6.45, 7) is 0. The molecule has 1 aliphatic rings. The Kier molecular flexibility index (Phi) is 5.48. The predicted molar refractivity (Wildman–Crippen MR) is 156 cm³/mol. The van der Waals surface area contributed by atoms with Gasteiger partial charge in [0.25, 0.3) is 0 Å². The monoisotopic (exact) mass is 488 g/mol. The van der Waals surface area contributed by atoms with E-state index in [0.29, 0.717) is 17.5 Å². The third-order valence-corrected chi connectivity index (χ3v) is 6.89. The molecule has 0 atom stereocenters. The standard InChI is InChI=1S/C34H24N4/c1-3-12-24(13-4-1)32-35-33(25-14-5-2-6-15-25)37-34(36-32)26-16-11-17-27(23-22-26)38-30-20-9-7-18-28(30)29-19-8-10-21-31(29)38/h1-10,12-23H,11H2. The first kappa shape index (κ1) is 22.1. The molecule has 0 radical (unpaired) electrons. The van der Waals surface area contributed by atoms with Crippen LogP contribution in [0.5, 0.6) is 0 Å². The maximum absolute atomic E-state index is 4.91. The fraction of sp³-hybridized carbons (Fsp3) is 0.0294. The van der Waals surface area contributed by atoms with E-state index < -0.39 is 0 Å². The van der Waals surface area contributed by atoms with E-state index in [1.165, 1.54) is 21.8 Å². The van der Waals surface area contributed by atoms with Crippen molar-refractivity contribution >= 4 is 33.1 Å². The number of hydrogen-bond donors (Lipinski definition) is 0. The first-order chi connectivity index (χ1) is 18.8. The van der Waals surface area contributed by atoms with Gasteiger partial charge in [-0.1, -0.05) is 109 Å². The van der Waals surface area contributed by atoms with E-state index in [4.69, 9.17) is 15.0 Å². The van der Waals surface area contributed by atoms with Crippen LogP contribution in [0, 0.1) is 0 Å². The molecule has 0 unspecified atom stereocenters. The molecule has 0 bridgehead atoms. The smallest absolute Gasteiger partial charge is 0.164 e. The SMILES string of the molecule is C1=CC(n2c3ccccc3c3ccccc32)=CCC=C1c1nc(-c2ccccc2)nc(-c2ccccc2)n1. The lowest BCUT2D eigenvalue weighted by atomic mass is 10.1.